The van der Waals surface area contributed by atoms with Gasteiger partial charge in [-0.2, -0.15) is 0 Å². The summed E-state index contributed by atoms with van der Waals surface area (Å²) >= 11 is 0. The standard InChI is InChI=1S/C16H17N2/c1-2-11-18(12-3-1)16-8-6-14(7-9-16)15-5-4-10-17-13-15/h5-10,13H,1-3,11-12H2. The fourth-order valence-corrected chi connectivity index (χ4v) is 2.50. The number of nitrogens with zero attached hydrogens (tertiary/aromatic N) is 2. The quantitative estimate of drug-likeness (QED) is 0.794. The Balaban J connectivity index is 1.80. The number of aromatic nitrogens is 1. The van der Waals surface area contributed by atoms with Crippen LogP contribution in [0, 0.1) is 6.07 Å². The van der Waals surface area contributed by atoms with E-state index in [-0.39, 0.29) is 0 Å². The highest BCUT2D eigenvalue weighted by Crippen LogP contribution is 2.24. The average Bonchev–Trinajstić information content (AvgIpc) is 2.49. The van der Waals surface area contributed by atoms with Gasteiger partial charge in [0.25, 0.3) is 0 Å². The van der Waals surface area contributed by atoms with Crippen molar-refractivity contribution >= 4 is 5.69 Å². The van der Waals surface area contributed by atoms with Crippen molar-refractivity contribution in [3.05, 3.63) is 48.8 Å². The van der Waals surface area contributed by atoms with Gasteiger partial charge in [-0.05, 0) is 43.0 Å². The molecule has 0 aliphatic carbocycles. The second kappa shape index (κ2) is 5.21. The van der Waals surface area contributed by atoms with E-state index in [0.29, 0.717) is 0 Å². The van der Waals surface area contributed by atoms with Gasteiger partial charge in [-0.3, -0.25) is 4.98 Å². The third-order valence-electron chi connectivity index (χ3n) is 3.52. The number of hydrogen-bond donors (Lipinski definition) is 0. The number of hydrogen-bond acceptors (Lipinski definition) is 2. The smallest absolute Gasteiger partial charge is 0.0366 e. The third-order valence-corrected chi connectivity index (χ3v) is 3.52. The molecule has 3 rings (SSSR count). The zero-order chi connectivity index (χ0) is 12.2. The SMILES string of the molecule is [c]1cncc(-c2ccc(N3CCCCC3)cc2)c1. The van der Waals surface area contributed by atoms with Crippen LogP contribution < -0.4 is 4.90 Å². The van der Waals surface area contributed by atoms with Crippen molar-refractivity contribution in [3.8, 4) is 11.1 Å². The molecule has 2 heterocycles. The molecule has 2 aromatic rings. The van der Waals surface area contributed by atoms with Crippen LogP contribution in [0.3, 0.4) is 0 Å². The molecule has 2 heteroatoms. The molecular formula is C16H17N2. The number of pyridine rings is 1. The van der Waals surface area contributed by atoms with E-state index >= 15 is 0 Å². The summed E-state index contributed by atoms with van der Waals surface area (Å²) in [6.45, 7) is 2.39. The molecule has 0 unspecified atom stereocenters. The molecule has 0 amide bonds. The minimum absolute atomic E-state index is 1.13. The molecule has 1 fully saturated rings. The molecule has 0 saturated carbocycles. The lowest BCUT2D eigenvalue weighted by Crippen LogP contribution is -2.29. The highest BCUT2D eigenvalue weighted by molar-refractivity contribution is 5.65. The van der Waals surface area contributed by atoms with Gasteiger partial charge in [0.15, 0.2) is 0 Å². The van der Waals surface area contributed by atoms with Gasteiger partial charge in [0.2, 0.25) is 0 Å². The van der Waals surface area contributed by atoms with E-state index in [4.69, 9.17) is 0 Å². The minimum Gasteiger partial charge on any atom is -0.372 e. The second-order valence-corrected chi connectivity index (χ2v) is 4.77. The van der Waals surface area contributed by atoms with Crippen LogP contribution in [0.25, 0.3) is 11.1 Å². The maximum atomic E-state index is 4.11. The molecule has 0 bridgehead atoms. The normalized spacial score (nSPS) is 15.7. The lowest BCUT2D eigenvalue weighted by molar-refractivity contribution is 0.578. The lowest BCUT2D eigenvalue weighted by atomic mass is 10.1. The van der Waals surface area contributed by atoms with Crippen molar-refractivity contribution in [2.24, 2.45) is 0 Å². The molecule has 0 spiro atoms. The second-order valence-electron chi connectivity index (χ2n) is 4.77. The molecule has 1 saturated heterocycles. The van der Waals surface area contributed by atoms with Crippen LogP contribution in [0.4, 0.5) is 5.69 Å². The average molecular weight is 237 g/mol. The van der Waals surface area contributed by atoms with E-state index < -0.39 is 0 Å². The molecule has 1 aromatic heterocycles. The Kier molecular flexibility index (Phi) is 3.26. The van der Waals surface area contributed by atoms with E-state index in [1.54, 1.807) is 6.20 Å². The summed E-state index contributed by atoms with van der Waals surface area (Å²) in [4.78, 5) is 6.58. The molecule has 91 valence electrons. The summed E-state index contributed by atoms with van der Waals surface area (Å²) in [5.74, 6) is 0. The van der Waals surface area contributed by atoms with E-state index in [1.807, 2.05) is 12.3 Å². The van der Waals surface area contributed by atoms with Crippen LogP contribution in [-0.2, 0) is 0 Å². The molecular weight excluding hydrogens is 220 g/mol. The first kappa shape index (κ1) is 11.3. The van der Waals surface area contributed by atoms with Crippen LogP contribution in [0.1, 0.15) is 19.3 Å². The van der Waals surface area contributed by atoms with Crippen molar-refractivity contribution in [2.45, 2.75) is 19.3 Å². The highest BCUT2D eigenvalue weighted by Gasteiger charge is 2.10. The van der Waals surface area contributed by atoms with Crippen LogP contribution in [0.15, 0.2) is 42.7 Å². The third kappa shape index (κ3) is 2.37. The Labute approximate surface area is 108 Å². The first-order valence-electron chi connectivity index (χ1n) is 6.60. The summed E-state index contributed by atoms with van der Waals surface area (Å²) in [5, 5.41) is 0. The Morgan fingerprint density at radius 2 is 1.72 bits per heavy atom. The summed E-state index contributed by atoms with van der Waals surface area (Å²) in [5.41, 5.74) is 3.68. The largest absolute Gasteiger partial charge is 0.372 e. The summed E-state index contributed by atoms with van der Waals surface area (Å²) in [7, 11) is 0. The molecule has 18 heavy (non-hydrogen) atoms. The van der Waals surface area contributed by atoms with Gasteiger partial charge >= 0.3 is 0 Å². The Bertz CT molecular complexity index is 484. The Hall–Kier alpha value is -1.83. The highest BCUT2D eigenvalue weighted by atomic mass is 15.1. The molecule has 1 aromatic carbocycles. The van der Waals surface area contributed by atoms with Crippen molar-refractivity contribution in [2.75, 3.05) is 18.0 Å². The van der Waals surface area contributed by atoms with Gasteiger partial charge in [0.05, 0.1) is 0 Å². The first-order chi connectivity index (χ1) is 8.93. The van der Waals surface area contributed by atoms with Gasteiger partial charge in [-0.15, -0.1) is 0 Å². The van der Waals surface area contributed by atoms with Gasteiger partial charge in [-0.25, -0.2) is 0 Å². The lowest BCUT2D eigenvalue weighted by Gasteiger charge is -2.28. The van der Waals surface area contributed by atoms with Crippen molar-refractivity contribution in [3.63, 3.8) is 0 Å². The molecule has 1 aliphatic heterocycles. The predicted molar refractivity (Wildman–Crippen MR) is 74.6 cm³/mol. The summed E-state index contributed by atoms with van der Waals surface area (Å²) in [6, 6.07) is 13.8. The van der Waals surface area contributed by atoms with Crippen LogP contribution in [0.5, 0.6) is 0 Å². The van der Waals surface area contributed by atoms with E-state index in [2.05, 4.69) is 40.2 Å². The maximum Gasteiger partial charge on any atom is 0.0366 e. The van der Waals surface area contributed by atoms with Gasteiger partial charge in [-0.1, -0.05) is 12.1 Å². The first-order valence-corrected chi connectivity index (χ1v) is 6.60. The monoisotopic (exact) mass is 237 g/mol. The zero-order valence-corrected chi connectivity index (χ0v) is 10.5. The van der Waals surface area contributed by atoms with E-state index in [0.717, 1.165) is 5.56 Å². The summed E-state index contributed by atoms with van der Waals surface area (Å²) in [6.07, 6.45) is 7.58. The molecule has 2 nitrogen and oxygen atoms in total. The Morgan fingerprint density at radius 3 is 2.39 bits per heavy atom. The number of benzene rings is 1. The predicted octanol–water partition coefficient (Wildman–Crippen LogP) is 3.54. The number of rotatable bonds is 2. The minimum atomic E-state index is 1.13. The zero-order valence-electron chi connectivity index (χ0n) is 10.5. The number of piperidine rings is 1. The Morgan fingerprint density at radius 1 is 0.944 bits per heavy atom. The van der Waals surface area contributed by atoms with Crippen molar-refractivity contribution in [1.82, 2.24) is 4.98 Å². The van der Waals surface area contributed by atoms with Crippen LogP contribution >= 0.6 is 0 Å². The van der Waals surface area contributed by atoms with E-state index in [1.165, 1.54) is 43.6 Å². The van der Waals surface area contributed by atoms with Crippen molar-refractivity contribution in [1.29, 1.82) is 0 Å². The molecule has 1 radical (unpaired) electrons. The maximum absolute atomic E-state index is 4.11. The molecule has 1 aliphatic rings. The van der Waals surface area contributed by atoms with Crippen LogP contribution in [-0.4, -0.2) is 18.1 Å². The van der Waals surface area contributed by atoms with Crippen molar-refractivity contribution < 1.29 is 0 Å². The van der Waals surface area contributed by atoms with E-state index in [9.17, 15) is 0 Å². The topological polar surface area (TPSA) is 16.1 Å². The molecule has 0 N–H and O–H groups in total. The fraction of sp³-hybridized carbons (Fsp3) is 0.312. The summed E-state index contributed by atoms with van der Waals surface area (Å²) < 4.78 is 0. The number of anilines is 1. The fourth-order valence-electron chi connectivity index (χ4n) is 2.50. The van der Waals surface area contributed by atoms with Gasteiger partial charge in [0.1, 0.15) is 0 Å². The van der Waals surface area contributed by atoms with Gasteiger partial charge in [0, 0.05) is 42.8 Å². The van der Waals surface area contributed by atoms with Crippen LogP contribution in [0.2, 0.25) is 0 Å². The molecule has 0 atom stereocenters. The van der Waals surface area contributed by atoms with Gasteiger partial charge < -0.3 is 4.90 Å².